The van der Waals surface area contributed by atoms with Gasteiger partial charge in [0.2, 0.25) is 0 Å². The summed E-state index contributed by atoms with van der Waals surface area (Å²) in [4.78, 5) is 12.6. The van der Waals surface area contributed by atoms with Gasteiger partial charge in [0.25, 0.3) is 10.0 Å². The van der Waals surface area contributed by atoms with Gasteiger partial charge in [0.15, 0.2) is 5.15 Å². The fourth-order valence-electron chi connectivity index (χ4n) is 3.38. The number of benzene rings is 1. The number of hydrogen-bond acceptors (Lipinski definition) is 5. The van der Waals surface area contributed by atoms with Crippen molar-refractivity contribution < 1.29 is 12.8 Å². The normalized spacial score (nSPS) is 11.6. The summed E-state index contributed by atoms with van der Waals surface area (Å²) >= 11 is 6.17. The molecule has 0 aliphatic heterocycles. The van der Waals surface area contributed by atoms with Crippen molar-refractivity contribution >= 4 is 33.0 Å². The highest BCUT2D eigenvalue weighted by atomic mass is 35.5. The Morgan fingerprint density at radius 1 is 0.909 bits per heavy atom. The van der Waals surface area contributed by atoms with Crippen LogP contribution in [0.25, 0.3) is 28.0 Å². The van der Waals surface area contributed by atoms with Gasteiger partial charge < -0.3 is 0 Å². The topological polar surface area (TPSA) is 89.2 Å². The Labute approximate surface area is 193 Å². The Balaban J connectivity index is 1.54. The van der Waals surface area contributed by atoms with E-state index in [1.807, 2.05) is 34.9 Å². The second-order valence-corrected chi connectivity index (χ2v) is 9.19. The third kappa shape index (κ3) is 4.15. The maximum absolute atomic E-state index is 13.2. The van der Waals surface area contributed by atoms with Crippen LogP contribution in [0.5, 0.6) is 0 Å². The van der Waals surface area contributed by atoms with Crippen molar-refractivity contribution in [2.24, 2.45) is 0 Å². The molecule has 0 aliphatic carbocycles. The van der Waals surface area contributed by atoms with E-state index in [1.165, 1.54) is 18.3 Å². The number of halogens is 2. The van der Waals surface area contributed by atoms with Crippen molar-refractivity contribution in [2.45, 2.75) is 4.90 Å². The molecule has 0 spiro atoms. The molecular weight excluding hydrogens is 465 g/mol. The van der Waals surface area contributed by atoms with Crippen LogP contribution in [-0.2, 0) is 10.0 Å². The van der Waals surface area contributed by atoms with Crippen molar-refractivity contribution in [3.63, 3.8) is 0 Å². The summed E-state index contributed by atoms with van der Waals surface area (Å²) in [6.45, 7) is 0. The third-order valence-corrected chi connectivity index (χ3v) is 6.69. The molecule has 0 radical (unpaired) electrons. The summed E-state index contributed by atoms with van der Waals surface area (Å²) in [5.74, 6) is -0.533. The third-order valence-electron chi connectivity index (χ3n) is 5.00. The molecule has 0 bridgehead atoms. The summed E-state index contributed by atoms with van der Waals surface area (Å²) < 4.78 is 43.0. The zero-order valence-corrected chi connectivity index (χ0v) is 18.4. The summed E-state index contributed by atoms with van der Waals surface area (Å²) in [6, 6.07) is 13.7. The van der Waals surface area contributed by atoms with Gasteiger partial charge in [-0.1, -0.05) is 17.7 Å². The van der Waals surface area contributed by atoms with Crippen molar-refractivity contribution in [1.29, 1.82) is 0 Å². The quantitative estimate of drug-likeness (QED) is 0.356. The van der Waals surface area contributed by atoms with Crippen LogP contribution in [0, 0.1) is 5.82 Å². The largest absolute Gasteiger partial charge is 0.299 e. The molecule has 0 saturated carbocycles. The van der Waals surface area contributed by atoms with E-state index in [-0.39, 0.29) is 15.7 Å². The lowest BCUT2D eigenvalue weighted by Crippen LogP contribution is -2.13. The lowest BCUT2D eigenvalue weighted by atomic mass is 10.1. The van der Waals surface area contributed by atoms with Gasteiger partial charge in [0.05, 0.1) is 22.5 Å². The Bertz CT molecular complexity index is 1570. The maximum Gasteiger partial charge on any atom is 0.261 e. The zero-order valence-electron chi connectivity index (χ0n) is 16.9. The number of anilines is 1. The van der Waals surface area contributed by atoms with Crippen LogP contribution in [0.2, 0.25) is 5.15 Å². The van der Waals surface area contributed by atoms with Crippen LogP contribution in [0.1, 0.15) is 0 Å². The monoisotopic (exact) mass is 479 g/mol. The number of pyridine rings is 3. The minimum Gasteiger partial charge on any atom is -0.299 e. The van der Waals surface area contributed by atoms with Crippen LogP contribution < -0.4 is 4.72 Å². The molecule has 0 amide bonds. The zero-order chi connectivity index (χ0) is 23.0. The minimum absolute atomic E-state index is 0.0192. The molecule has 7 nitrogen and oxygen atoms in total. The van der Waals surface area contributed by atoms with E-state index in [4.69, 9.17) is 11.6 Å². The molecule has 0 atom stereocenters. The SMILES string of the molecule is O=S(=O)(Nc1cc(-c2cnc3ccc(-c4cccnc4)cn23)cnc1Cl)c1ccc(F)cc1. The number of sulfonamides is 1. The van der Waals surface area contributed by atoms with E-state index in [0.717, 1.165) is 23.3 Å². The van der Waals surface area contributed by atoms with Crippen LogP contribution >= 0.6 is 11.6 Å². The van der Waals surface area contributed by atoms with E-state index in [9.17, 15) is 12.8 Å². The van der Waals surface area contributed by atoms with Gasteiger partial charge in [0.1, 0.15) is 11.5 Å². The smallest absolute Gasteiger partial charge is 0.261 e. The number of hydrogen-bond donors (Lipinski definition) is 1. The Kier molecular flexibility index (Phi) is 5.27. The number of nitrogens with one attached hydrogen (secondary N) is 1. The van der Waals surface area contributed by atoms with Crippen molar-refractivity contribution in [3.8, 4) is 22.4 Å². The molecule has 4 aromatic heterocycles. The molecule has 0 fully saturated rings. The lowest BCUT2D eigenvalue weighted by molar-refractivity contribution is 0.599. The van der Waals surface area contributed by atoms with E-state index in [1.54, 1.807) is 24.7 Å². The molecule has 0 saturated heterocycles. The first-order valence-corrected chi connectivity index (χ1v) is 11.6. The first-order valence-electron chi connectivity index (χ1n) is 9.72. The van der Waals surface area contributed by atoms with Gasteiger partial charge in [-0.25, -0.2) is 22.8 Å². The first kappa shape index (κ1) is 21.0. The second-order valence-electron chi connectivity index (χ2n) is 7.15. The number of aromatic nitrogens is 4. The van der Waals surface area contributed by atoms with Crippen LogP contribution in [0.3, 0.4) is 0 Å². The van der Waals surface area contributed by atoms with Gasteiger partial charge in [0, 0.05) is 41.5 Å². The fourth-order valence-corrected chi connectivity index (χ4v) is 4.64. The van der Waals surface area contributed by atoms with Crippen LogP contribution in [-0.4, -0.2) is 27.8 Å². The van der Waals surface area contributed by atoms with Gasteiger partial charge >= 0.3 is 0 Å². The Hall–Kier alpha value is -3.82. The molecule has 10 heteroatoms. The molecule has 33 heavy (non-hydrogen) atoms. The van der Waals surface area contributed by atoms with Crippen LogP contribution in [0.15, 0.2) is 90.5 Å². The molecule has 1 N–H and O–H groups in total. The van der Waals surface area contributed by atoms with Gasteiger partial charge in [-0.15, -0.1) is 0 Å². The molecule has 0 aliphatic rings. The highest BCUT2D eigenvalue weighted by Crippen LogP contribution is 2.30. The average molecular weight is 480 g/mol. The molecule has 5 aromatic rings. The Morgan fingerprint density at radius 2 is 1.73 bits per heavy atom. The van der Waals surface area contributed by atoms with Crippen LogP contribution in [0.4, 0.5) is 10.1 Å². The number of fused-ring (bicyclic) bond motifs is 1. The highest BCUT2D eigenvalue weighted by molar-refractivity contribution is 7.92. The lowest BCUT2D eigenvalue weighted by Gasteiger charge is -2.11. The van der Waals surface area contributed by atoms with E-state index < -0.39 is 15.8 Å². The van der Waals surface area contributed by atoms with Gasteiger partial charge in [-0.2, -0.15) is 0 Å². The van der Waals surface area contributed by atoms with E-state index >= 15 is 0 Å². The summed E-state index contributed by atoms with van der Waals surface area (Å²) in [7, 11) is -3.99. The van der Waals surface area contributed by atoms with Crippen molar-refractivity contribution in [2.75, 3.05) is 4.72 Å². The maximum atomic E-state index is 13.2. The van der Waals surface area contributed by atoms with Gasteiger partial charge in [-0.3, -0.25) is 14.1 Å². The minimum atomic E-state index is -3.99. The second kappa shape index (κ2) is 8.27. The predicted octanol–water partition coefficient (Wildman–Crippen LogP) is 5.05. The first-order chi connectivity index (χ1) is 15.9. The molecule has 1 aromatic carbocycles. The summed E-state index contributed by atoms with van der Waals surface area (Å²) in [6.07, 6.45) is 8.61. The summed E-state index contributed by atoms with van der Waals surface area (Å²) in [5.41, 5.74) is 3.99. The van der Waals surface area contributed by atoms with Gasteiger partial charge in [-0.05, 0) is 48.5 Å². The molecular formula is C23H15ClFN5O2S. The summed E-state index contributed by atoms with van der Waals surface area (Å²) in [5, 5.41) is -0.0192. The standard InChI is InChI=1S/C23H15ClFN5O2S/c24-23-20(29-33(31,32)19-6-4-18(25)5-7-19)10-17(12-28-23)21-13-27-22-8-3-16(14-30(21)22)15-2-1-9-26-11-15/h1-14,29H. The van der Waals surface area contributed by atoms with Crippen molar-refractivity contribution in [3.05, 3.63) is 96.6 Å². The fraction of sp³-hybridized carbons (Fsp3) is 0. The number of nitrogens with zero attached hydrogens (tertiary/aromatic N) is 4. The molecule has 0 unspecified atom stereocenters. The molecule has 5 rings (SSSR count). The Morgan fingerprint density at radius 3 is 2.48 bits per heavy atom. The predicted molar refractivity (Wildman–Crippen MR) is 124 cm³/mol. The molecule has 4 heterocycles. The average Bonchev–Trinajstić information content (AvgIpc) is 3.24. The highest BCUT2D eigenvalue weighted by Gasteiger charge is 2.18. The van der Waals surface area contributed by atoms with E-state index in [0.29, 0.717) is 16.9 Å². The number of rotatable bonds is 5. The van der Waals surface area contributed by atoms with E-state index in [2.05, 4.69) is 19.7 Å². The van der Waals surface area contributed by atoms with Crippen molar-refractivity contribution in [1.82, 2.24) is 19.4 Å². The number of imidazole rings is 1. The molecule has 164 valence electrons.